The number of nitrogens with two attached hydrogens (primary N) is 1. The molecule has 0 unspecified atom stereocenters. The van der Waals surface area contributed by atoms with E-state index in [0.717, 1.165) is 26.1 Å². The van der Waals surface area contributed by atoms with Gasteiger partial charge in [-0.3, -0.25) is 4.90 Å². The van der Waals surface area contributed by atoms with Gasteiger partial charge < -0.3 is 10.6 Å². The summed E-state index contributed by atoms with van der Waals surface area (Å²) in [5.41, 5.74) is 7.00. The number of rotatable bonds is 5. The van der Waals surface area contributed by atoms with E-state index in [-0.39, 0.29) is 0 Å². The predicted molar refractivity (Wildman–Crippen MR) is 76.4 cm³/mol. The van der Waals surface area contributed by atoms with Gasteiger partial charge in [0.05, 0.1) is 0 Å². The molecule has 1 saturated heterocycles. The van der Waals surface area contributed by atoms with Crippen molar-refractivity contribution in [1.82, 2.24) is 9.80 Å². The summed E-state index contributed by atoms with van der Waals surface area (Å²) in [6, 6.07) is 10.8. The highest BCUT2D eigenvalue weighted by Crippen LogP contribution is 2.08. The standard InChI is InChI=1S/C15H25N3/c16-8-4-9-17-10-5-11-18(13-12-17)14-15-6-2-1-3-7-15/h1-3,6-7H,4-5,8-14,16H2. The summed E-state index contributed by atoms with van der Waals surface area (Å²) in [7, 11) is 0. The fourth-order valence-corrected chi connectivity index (χ4v) is 2.56. The zero-order chi connectivity index (χ0) is 12.6. The Labute approximate surface area is 111 Å². The fraction of sp³-hybridized carbons (Fsp3) is 0.600. The monoisotopic (exact) mass is 247 g/mol. The Balaban J connectivity index is 1.78. The highest BCUT2D eigenvalue weighted by Gasteiger charge is 2.14. The minimum absolute atomic E-state index is 0.810. The van der Waals surface area contributed by atoms with Gasteiger partial charge in [-0.15, -0.1) is 0 Å². The van der Waals surface area contributed by atoms with Crippen LogP contribution in [0, 0.1) is 0 Å². The SMILES string of the molecule is NCCCN1CCCN(Cc2ccccc2)CC1. The first kappa shape index (κ1) is 13.5. The molecule has 0 bridgehead atoms. The van der Waals surface area contributed by atoms with Crippen molar-refractivity contribution < 1.29 is 0 Å². The summed E-state index contributed by atoms with van der Waals surface area (Å²) in [6.45, 7) is 7.87. The van der Waals surface area contributed by atoms with Crippen LogP contribution in [0.4, 0.5) is 0 Å². The molecule has 0 aliphatic carbocycles. The topological polar surface area (TPSA) is 32.5 Å². The van der Waals surface area contributed by atoms with Gasteiger partial charge >= 0.3 is 0 Å². The van der Waals surface area contributed by atoms with Gasteiger partial charge in [0.15, 0.2) is 0 Å². The Hall–Kier alpha value is -0.900. The first-order chi connectivity index (χ1) is 8.88. The molecule has 0 spiro atoms. The van der Waals surface area contributed by atoms with Crippen LogP contribution in [0.2, 0.25) is 0 Å². The molecule has 1 aromatic carbocycles. The molecule has 1 heterocycles. The van der Waals surface area contributed by atoms with Crippen LogP contribution in [0.25, 0.3) is 0 Å². The smallest absolute Gasteiger partial charge is 0.0234 e. The van der Waals surface area contributed by atoms with E-state index >= 15 is 0 Å². The molecular formula is C15H25N3. The molecular weight excluding hydrogens is 222 g/mol. The van der Waals surface area contributed by atoms with Gasteiger partial charge in [-0.25, -0.2) is 0 Å². The van der Waals surface area contributed by atoms with E-state index in [4.69, 9.17) is 5.73 Å². The Morgan fingerprint density at radius 2 is 1.67 bits per heavy atom. The molecule has 3 heteroatoms. The quantitative estimate of drug-likeness (QED) is 0.857. The van der Waals surface area contributed by atoms with Crippen LogP contribution < -0.4 is 5.73 Å². The Kier molecular flexibility index (Phi) is 5.65. The summed E-state index contributed by atoms with van der Waals surface area (Å²) < 4.78 is 0. The number of nitrogens with zero attached hydrogens (tertiary/aromatic N) is 2. The average Bonchev–Trinajstić information content (AvgIpc) is 2.63. The largest absolute Gasteiger partial charge is 0.330 e. The Morgan fingerprint density at radius 1 is 0.944 bits per heavy atom. The third-order valence-electron chi connectivity index (χ3n) is 3.61. The van der Waals surface area contributed by atoms with Crippen LogP contribution in [-0.4, -0.2) is 49.1 Å². The molecule has 1 aliphatic rings. The molecule has 0 radical (unpaired) electrons. The lowest BCUT2D eigenvalue weighted by Gasteiger charge is -2.21. The second kappa shape index (κ2) is 7.52. The van der Waals surface area contributed by atoms with E-state index in [1.807, 2.05) is 0 Å². The highest BCUT2D eigenvalue weighted by molar-refractivity contribution is 5.14. The predicted octanol–water partition coefficient (Wildman–Crippen LogP) is 1.54. The van der Waals surface area contributed by atoms with E-state index < -0.39 is 0 Å². The molecule has 1 aromatic rings. The minimum Gasteiger partial charge on any atom is -0.330 e. The molecule has 3 nitrogen and oxygen atoms in total. The lowest BCUT2D eigenvalue weighted by molar-refractivity contribution is 0.251. The van der Waals surface area contributed by atoms with E-state index in [9.17, 15) is 0 Å². The molecule has 2 N–H and O–H groups in total. The zero-order valence-electron chi connectivity index (χ0n) is 11.2. The van der Waals surface area contributed by atoms with Gasteiger partial charge in [0.25, 0.3) is 0 Å². The third kappa shape index (κ3) is 4.41. The maximum Gasteiger partial charge on any atom is 0.0234 e. The van der Waals surface area contributed by atoms with E-state index in [1.165, 1.54) is 38.2 Å². The summed E-state index contributed by atoms with van der Waals surface area (Å²) in [5, 5.41) is 0. The van der Waals surface area contributed by atoms with Gasteiger partial charge in [-0.2, -0.15) is 0 Å². The molecule has 18 heavy (non-hydrogen) atoms. The lowest BCUT2D eigenvalue weighted by atomic mass is 10.2. The van der Waals surface area contributed by atoms with Crippen molar-refractivity contribution in [1.29, 1.82) is 0 Å². The van der Waals surface area contributed by atoms with Crippen LogP contribution in [0.3, 0.4) is 0 Å². The third-order valence-corrected chi connectivity index (χ3v) is 3.61. The second-order valence-corrected chi connectivity index (χ2v) is 5.10. The number of benzene rings is 1. The maximum atomic E-state index is 5.58. The van der Waals surface area contributed by atoms with Crippen molar-refractivity contribution >= 4 is 0 Å². The van der Waals surface area contributed by atoms with Gasteiger partial charge in [0.2, 0.25) is 0 Å². The van der Waals surface area contributed by atoms with Crippen molar-refractivity contribution in [3.63, 3.8) is 0 Å². The summed E-state index contributed by atoms with van der Waals surface area (Å²) in [4.78, 5) is 5.12. The molecule has 0 amide bonds. The van der Waals surface area contributed by atoms with Crippen molar-refractivity contribution in [3.8, 4) is 0 Å². The van der Waals surface area contributed by atoms with E-state index in [1.54, 1.807) is 0 Å². The van der Waals surface area contributed by atoms with Crippen LogP contribution in [0.1, 0.15) is 18.4 Å². The Bertz CT molecular complexity index is 326. The van der Waals surface area contributed by atoms with Gasteiger partial charge in [-0.1, -0.05) is 30.3 Å². The molecule has 0 aromatic heterocycles. The fourth-order valence-electron chi connectivity index (χ4n) is 2.56. The lowest BCUT2D eigenvalue weighted by Crippen LogP contribution is -2.31. The normalized spacial score (nSPS) is 18.7. The van der Waals surface area contributed by atoms with E-state index in [0.29, 0.717) is 0 Å². The maximum absolute atomic E-state index is 5.58. The van der Waals surface area contributed by atoms with Crippen LogP contribution in [-0.2, 0) is 6.54 Å². The van der Waals surface area contributed by atoms with E-state index in [2.05, 4.69) is 40.1 Å². The van der Waals surface area contributed by atoms with Crippen LogP contribution >= 0.6 is 0 Å². The molecule has 0 atom stereocenters. The van der Waals surface area contributed by atoms with Gasteiger partial charge in [0.1, 0.15) is 0 Å². The van der Waals surface area contributed by atoms with Crippen molar-refractivity contribution in [2.45, 2.75) is 19.4 Å². The number of hydrogen-bond acceptors (Lipinski definition) is 3. The van der Waals surface area contributed by atoms with Crippen LogP contribution in [0.15, 0.2) is 30.3 Å². The van der Waals surface area contributed by atoms with Crippen LogP contribution in [0.5, 0.6) is 0 Å². The highest BCUT2D eigenvalue weighted by atomic mass is 15.2. The first-order valence-corrected chi connectivity index (χ1v) is 7.07. The van der Waals surface area contributed by atoms with Crippen molar-refractivity contribution in [3.05, 3.63) is 35.9 Å². The first-order valence-electron chi connectivity index (χ1n) is 7.07. The molecule has 2 rings (SSSR count). The summed E-state index contributed by atoms with van der Waals surface area (Å²) in [6.07, 6.45) is 2.40. The van der Waals surface area contributed by atoms with Crippen molar-refractivity contribution in [2.75, 3.05) is 39.3 Å². The summed E-state index contributed by atoms with van der Waals surface area (Å²) in [5.74, 6) is 0. The molecule has 100 valence electrons. The van der Waals surface area contributed by atoms with Gasteiger partial charge in [-0.05, 0) is 44.6 Å². The average molecular weight is 247 g/mol. The van der Waals surface area contributed by atoms with Crippen molar-refractivity contribution in [2.24, 2.45) is 5.73 Å². The number of hydrogen-bond donors (Lipinski definition) is 1. The molecule has 0 saturated carbocycles. The zero-order valence-corrected chi connectivity index (χ0v) is 11.2. The molecule has 1 fully saturated rings. The summed E-state index contributed by atoms with van der Waals surface area (Å²) >= 11 is 0. The minimum atomic E-state index is 0.810. The van der Waals surface area contributed by atoms with Gasteiger partial charge in [0, 0.05) is 19.6 Å². The Morgan fingerprint density at radius 3 is 2.44 bits per heavy atom. The molecule has 1 aliphatic heterocycles. The second-order valence-electron chi connectivity index (χ2n) is 5.10.